The molecular formula is C39H42N4O4S2. The van der Waals surface area contributed by atoms with Gasteiger partial charge >= 0.3 is 0 Å². The molecule has 10 heteroatoms. The number of nitrogens with one attached hydrogen (secondary N) is 3. The van der Waals surface area contributed by atoms with Gasteiger partial charge in [0, 0.05) is 21.8 Å². The second-order valence-electron chi connectivity index (χ2n) is 13.1. The Labute approximate surface area is 288 Å². The first-order chi connectivity index (χ1) is 23.7. The molecular weight excluding hydrogens is 653 g/mol. The molecule has 0 bridgehead atoms. The third kappa shape index (κ3) is 6.83. The molecule has 0 unspecified atom stereocenters. The van der Waals surface area contributed by atoms with Gasteiger partial charge in [0.1, 0.15) is 10.1 Å². The number of piperidine rings is 2. The molecule has 0 spiro atoms. The van der Waals surface area contributed by atoms with Crippen molar-refractivity contribution >= 4 is 41.5 Å². The van der Waals surface area contributed by atoms with E-state index in [1.54, 1.807) is 60.7 Å². The Morgan fingerprint density at radius 2 is 0.980 bits per heavy atom. The van der Waals surface area contributed by atoms with Crippen molar-refractivity contribution < 1.29 is 16.8 Å². The summed E-state index contributed by atoms with van der Waals surface area (Å²) in [6.45, 7) is 4.18. The van der Waals surface area contributed by atoms with E-state index in [9.17, 15) is 16.8 Å². The van der Waals surface area contributed by atoms with Crippen molar-refractivity contribution in [2.75, 3.05) is 33.2 Å². The van der Waals surface area contributed by atoms with Crippen LogP contribution in [0.5, 0.6) is 0 Å². The van der Waals surface area contributed by atoms with E-state index in [1.165, 1.54) is 11.1 Å². The van der Waals surface area contributed by atoms with Crippen LogP contribution in [0.25, 0.3) is 21.8 Å². The highest BCUT2D eigenvalue weighted by molar-refractivity contribution is 7.91. The lowest BCUT2D eigenvalue weighted by atomic mass is 9.88. The molecule has 2 aliphatic heterocycles. The smallest absolute Gasteiger partial charge is 0.221 e. The van der Waals surface area contributed by atoms with Crippen LogP contribution in [0, 0.1) is 0 Å². The maximum atomic E-state index is 12.9. The van der Waals surface area contributed by atoms with Crippen LogP contribution in [0.2, 0.25) is 0 Å². The second kappa shape index (κ2) is 14.0. The van der Waals surface area contributed by atoms with E-state index in [-0.39, 0.29) is 10.1 Å². The van der Waals surface area contributed by atoms with E-state index < -0.39 is 19.7 Å². The SMILES string of the molecule is CN1CCC(c2cccc3cc(S(=O)(=O)c4ccccc4)[nH]c23)CC1.O=S(=O)(c1ccccc1)c1cc2cccc(C3CCNCC3)c2[nH]1. The lowest BCUT2D eigenvalue weighted by molar-refractivity contribution is 0.256. The first kappa shape index (κ1) is 33.3. The Morgan fingerprint density at radius 3 is 1.43 bits per heavy atom. The number of rotatable bonds is 6. The monoisotopic (exact) mass is 694 g/mol. The van der Waals surface area contributed by atoms with Crippen LogP contribution in [0.1, 0.15) is 48.6 Å². The van der Waals surface area contributed by atoms with Crippen LogP contribution in [-0.4, -0.2) is 64.9 Å². The molecule has 2 aromatic heterocycles. The van der Waals surface area contributed by atoms with Gasteiger partial charge < -0.3 is 20.2 Å². The Kier molecular flexibility index (Phi) is 9.48. The first-order valence-electron chi connectivity index (χ1n) is 16.9. The van der Waals surface area contributed by atoms with Gasteiger partial charge in [-0.15, -0.1) is 0 Å². The summed E-state index contributed by atoms with van der Waals surface area (Å²) in [5.74, 6) is 0.951. The zero-order chi connectivity index (χ0) is 34.0. The van der Waals surface area contributed by atoms with Gasteiger partial charge in [0.25, 0.3) is 0 Å². The topological polar surface area (TPSA) is 115 Å². The molecule has 0 radical (unpaired) electrons. The maximum Gasteiger partial charge on any atom is 0.221 e. The molecule has 0 amide bonds. The number of nitrogens with zero attached hydrogens (tertiary/aromatic N) is 1. The van der Waals surface area contributed by atoms with Gasteiger partial charge in [-0.3, -0.25) is 0 Å². The molecule has 254 valence electrons. The maximum absolute atomic E-state index is 12.9. The minimum absolute atomic E-state index is 0.269. The lowest BCUT2D eigenvalue weighted by Crippen LogP contribution is -2.29. The highest BCUT2D eigenvalue weighted by Gasteiger charge is 2.25. The van der Waals surface area contributed by atoms with E-state index in [0.29, 0.717) is 21.6 Å². The lowest BCUT2D eigenvalue weighted by Gasteiger charge is -2.29. The number of likely N-dealkylation sites (tertiary alicyclic amines) is 1. The van der Waals surface area contributed by atoms with Gasteiger partial charge in [0.2, 0.25) is 19.7 Å². The number of aromatic nitrogens is 2. The van der Waals surface area contributed by atoms with Gasteiger partial charge in [-0.2, -0.15) is 0 Å². The third-order valence-corrected chi connectivity index (χ3v) is 13.3. The van der Waals surface area contributed by atoms with E-state index in [1.807, 2.05) is 36.4 Å². The van der Waals surface area contributed by atoms with Crippen LogP contribution < -0.4 is 5.32 Å². The molecule has 4 aromatic carbocycles. The van der Waals surface area contributed by atoms with Crippen LogP contribution in [0.4, 0.5) is 0 Å². The van der Waals surface area contributed by atoms with Crippen molar-refractivity contribution in [1.82, 2.24) is 20.2 Å². The molecule has 49 heavy (non-hydrogen) atoms. The highest BCUT2D eigenvalue weighted by atomic mass is 32.2. The van der Waals surface area contributed by atoms with Crippen LogP contribution in [-0.2, 0) is 19.7 Å². The van der Waals surface area contributed by atoms with Crippen molar-refractivity contribution in [2.24, 2.45) is 0 Å². The van der Waals surface area contributed by atoms with Gasteiger partial charge in [-0.25, -0.2) is 16.8 Å². The molecule has 2 saturated heterocycles. The zero-order valence-corrected chi connectivity index (χ0v) is 29.2. The van der Waals surface area contributed by atoms with E-state index in [0.717, 1.165) is 73.7 Å². The summed E-state index contributed by atoms with van der Waals surface area (Å²) in [5, 5.41) is 5.84. The fourth-order valence-corrected chi connectivity index (χ4v) is 9.76. The number of fused-ring (bicyclic) bond motifs is 2. The largest absolute Gasteiger partial charge is 0.345 e. The molecule has 0 atom stereocenters. The minimum Gasteiger partial charge on any atom is -0.345 e. The van der Waals surface area contributed by atoms with Crippen molar-refractivity contribution in [3.63, 3.8) is 0 Å². The van der Waals surface area contributed by atoms with Gasteiger partial charge in [0.05, 0.1) is 9.79 Å². The van der Waals surface area contributed by atoms with E-state index >= 15 is 0 Å². The number of H-pyrrole nitrogens is 2. The van der Waals surface area contributed by atoms with E-state index in [2.05, 4.69) is 39.4 Å². The van der Waals surface area contributed by atoms with Crippen molar-refractivity contribution in [3.8, 4) is 0 Å². The first-order valence-corrected chi connectivity index (χ1v) is 19.9. The average molecular weight is 695 g/mol. The summed E-state index contributed by atoms with van der Waals surface area (Å²) >= 11 is 0. The average Bonchev–Trinajstić information content (AvgIpc) is 3.80. The Morgan fingerprint density at radius 1 is 0.551 bits per heavy atom. The summed E-state index contributed by atoms with van der Waals surface area (Å²) in [4.78, 5) is 9.39. The number of sulfone groups is 2. The molecule has 6 aromatic rings. The van der Waals surface area contributed by atoms with Gasteiger partial charge in [-0.05, 0) is 118 Å². The van der Waals surface area contributed by atoms with Crippen molar-refractivity contribution in [3.05, 3.63) is 120 Å². The second-order valence-corrected chi connectivity index (χ2v) is 17.0. The summed E-state index contributed by atoms with van der Waals surface area (Å²) in [6.07, 6.45) is 4.38. The minimum atomic E-state index is -3.52. The van der Waals surface area contributed by atoms with E-state index in [4.69, 9.17) is 0 Å². The number of aromatic amines is 2. The van der Waals surface area contributed by atoms with Crippen LogP contribution >= 0.6 is 0 Å². The summed E-state index contributed by atoms with van der Waals surface area (Å²) < 4.78 is 51.5. The normalized spacial score (nSPS) is 16.8. The molecule has 8 rings (SSSR count). The summed E-state index contributed by atoms with van der Waals surface area (Å²) in [7, 11) is -4.89. The Bertz CT molecular complexity index is 2270. The standard InChI is InChI=1S/C20H22N2O2S.C19H20N2O2S/c1-22-12-10-15(11-13-22)18-9-5-6-16-14-19(21-20(16)18)25(23,24)17-7-3-2-4-8-17;22-24(23,16-6-2-1-3-7-16)18-13-15-5-4-8-17(19(15)21-18)14-9-11-20-12-10-14/h2-9,14-15,21H,10-13H2,1H3;1-8,13-14,20-21H,9-12H2. The Balaban J connectivity index is 0.000000154. The van der Waals surface area contributed by atoms with Crippen molar-refractivity contribution in [2.45, 2.75) is 57.4 Å². The molecule has 4 heterocycles. The molecule has 0 aliphatic carbocycles. The molecule has 8 nitrogen and oxygen atoms in total. The fraction of sp³-hybridized carbons (Fsp3) is 0.282. The fourth-order valence-electron chi connectivity index (χ4n) is 7.18. The predicted octanol–water partition coefficient (Wildman–Crippen LogP) is 7.28. The zero-order valence-electron chi connectivity index (χ0n) is 27.6. The molecule has 3 N–H and O–H groups in total. The Hall–Kier alpha value is -4.22. The van der Waals surface area contributed by atoms with Gasteiger partial charge in [0.15, 0.2) is 0 Å². The number of benzene rings is 4. The predicted molar refractivity (Wildman–Crippen MR) is 195 cm³/mol. The molecule has 0 saturated carbocycles. The summed E-state index contributed by atoms with van der Waals surface area (Å²) in [6, 6.07) is 32.9. The third-order valence-electron chi connectivity index (χ3n) is 9.95. The molecule has 2 aliphatic rings. The number of hydrogen-bond acceptors (Lipinski definition) is 6. The van der Waals surface area contributed by atoms with Crippen molar-refractivity contribution in [1.29, 1.82) is 0 Å². The number of para-hydroxylation sites is 2. The van der Waals surface area contributed by atoms with Crippen LogP contribution in [0.3, 0.4) is 0 Å². The molecule has 2 fully saturated rings. The van der Waals surface area contributed by atoms with Gasteiger partial charge in [-0.1, -0.05) is 72.8 Å². The highest BCUT2D eigenvalue weighted by Crippen LogP contribution is 2.35. The number of hydrogen-bond donors (Lipinski definition) is 3. The van der Waals surface area contributed by atoms with Crippen LogP contribution in [0.15, 0.2) is 129 Å². The summed E-state index contributed by atoms with van der Waals surface area (Å²) in [5.41, 5.74) is 4.38. The quantitative estimate of drug-likeness (QED) is 0.169.